The zero-order chi connectivity index (χ0) is 29.8. The van der Waals surface area contributed by atoms with Gasteiger partial charge in [0.15, 0.2) is 0 Å². The van der Waals surface area contributed by atoms with E-state index in [-0.39, 0.29) is 0 Å². The fraction of sp³-hybridized carbons (Fsp3) is 0.438. The maximum Gasteiger partial charge on any atom is 0.241 e. The lowest BCUT2D eigenvalue weighted by Crippen LogP contribution is -2.33. The number of fused-ring (bicyclic) bond motifs is 3. The third kappa shape index (κ3) is 5.40. The van der Waals surface area contributed by atoms with Gasteiger partial charge in [-0.05, 0) is 52.7 Å². The molecule has 1 aliphatic heterocycles. The molecule has 1 fully saturated rings. The van der Waals surface area contributed by atoms with Crippen molar-refractivity contribution in [2.24, 2.45) is 12.8 Å². The Kier molecular flexibility index (Phi) is 9.88. The molecule has 0 spiro atoms. The van der Waals surface area contributed by atoms with Crippen LogP contribution in [0, 0.1) is 5.95 Å². The Morgan fingerprint density at radius 2 is 1.83 bits per heavy atom. The summed E-state index contributed by atoms with van der Waals surface area (Å²) in [5.41, 5.74) is 13.1. The van der Waals surface area contributed by atoms with Crippen LogP contribution >= 0.6 is 9.39 Å². The van der Waals surface area contributed by atoms with Crippen LogP contribution < -0.4 is 15.5 Å². The number of aromatic nitrogens is 4. The standard InChI is InChI=1S/C28H33FN7P.2C2H6/c1-17-34(3)22-15-31-28-24(26(22)35(17)20-11-4-5-12-20)23(19-10-6-8-18(14-19)9-7-13-30)25(36(28)37)21-16-33(2)32-27(21)29;2*1-2/h6,8,10,14-16,20H,1,4-5,7,9,11-13,30,37H2,2-3H3;2*1-2H3. The number of nitrogens with two attached hydrogens (primary N) is 1. The van der Waals surface area contributed by atoms with Crippen LogP contribution in [-0.4, -0.2) is 38.7 Å². The molecule has 4 aromatic rings. The first-order valence-electron chi connectivity index (χ1n) is 14.9. The molecule has 0 bridgehead atoms. The van der Waals surface area contributed by atoms with Crippen LogP contribution in [-0.2, 0) is 13.5 Å². The molecule has 1 saturated carbocycles. The van der Waals surface area contributed by atoms with E-state index in [1.54, 1.807) is 13.2 Å². The van der Waals surface area contributed by atoms with Gasteiger partial charge in [-0.2, -0.15) is 4.39 Å². The lowest BCUT2D eigenvalue weighted by molar-refractivity contribution is 0.555. The minimum Gasteiger partial charge on any atom is -0.330 e. The molecule has 3 aromatic heterocycles. The summed E-state index contributed by atoms with van der Waals surface area (Å²) in [4.78, 5) is 9.44. The summed E-state index contributed by atoms with van der Waals surface area (Å²) >= 11 is 0. The molecule has 4 heterocycles. The Labute approximate surface area is 246 Å². The number of aryl methyl sites for hydroxylation is 2. The molecule has 9 heteroatoms. The van der Waals surface area contributed by atoms with E-state index >= 15 is 4.39 Å². The van der Waals surface area contributed by atoms with E-state index in [0.29, 0.717) is 18.2 Å². The van der Waals surface area contributed by atoms with Gasteiger partial charge in [0.2, 0.25) is 5.95 Å². The zero-order valence-corrected chi connectivity index (χ0v) is 26.6. The molecular weight excluding hydrogens is 532 g/mol. The Morgan fingerprint density at radius 3 is 2.46 bits per heavy atom. The number of anilines is 2. The molecule has 220 valence electrons. The summed E-state index contributed by atoms with van der Waals surface area (Å²) in [6.45, 7) is 13.1. The van der Waals surface area contributed by atoms with Gasteiger partial charge in [0.05, 0.1) is 34.2 Å². The van der Waals surface area contributed by atoms with Crippen molar-refractivity contribution < 1.29 is 4.39 Å². The third-order valence-electron chi connectivity index (χ3n) is 7.85. The average molecular weight is 578 g/mol. The molecule has 0 radical (unpaired) electrons. The summed E-state index contributed by atoms with van der Waals surface area (Å²) in [6, 6.07) is 8.91. The minimum absolute atomic E-state index is 0.386. The first kappa shape index (κ1) is 30.7. The second-order valence-electron chi connectivity index (χ2n) is 10.2. The topological polar surface area (TPSA) is 68.1 Å². The molecule has 0 amide bonds. The predicted molar refractivity (Wildman–Crippen MR) is 175 cm³/mol. The van der Waals surface area contributed by atoms with E-state index in [2.05, 4.69) is 62.2 Å². The van der Waals surface area contributed by atoms with Crippen LogP contribution in [0.4, 0.5) is 15.8 Å². The molecule has 1 aliphatic carbocycles. The molecule has 41 heavy (non-hydrogen) atoms. The number of rotatable bonds is 6. The Bertz CT molecular complexity index is 1520. The highest BCUT2D eigenvalue weighted by atomic mass is 31.0. The second kappa shape index (κ2) is 13.2. The number of hydrogen-bond donors (Lipinski definition) is 1. The maximum atomic E-state index is 15.2. The largest absolute Gasteiger partial charge is 0.330 e. The first-order valence-corrected chi connectivity index (χ1v) is 15.5. The average Bonchev–Trinajstić information content (AvgIpc) is 3.76. The maximum absolute atomic E-state index is 15.2. The van der Waals surface area contributed by atoms with Gasteiger partial charge in [-0.15, -0.1) is 5.10 Å². The monoisotopic (exact) mass is 577 g/mol. The smallest absolute Gasteiger partial charge is 0.241 e. The van der Waals surface area contributed by atoms with Gasteiger partial charge in [0.1, 0.15) is 11.5 Å². The number of halogens is 1. The molecule has 6 rings (SSSR count). The van der Waals surface area contributed by atoms with Crippen molar-refractivity contribution in [1.29, 1.82) is 0 Å². The number of hydrogen-bond acceptors (Lipinski definition) is 5. The summed E-state index contributed by atoms with van der Waals surface area (Å²) in [5, 5.41) is 5.04. The van der Waals surface area contributed by atoms with Crippen molar-refractivity contribution in [2.75, 3.05) is 23.4 Å². The SMILES string of the molecule is C=C1N(C)c2cnc3c(c(-c4cccc(CCCN)c4)c(-c4cn(C)nc4F)n3P)c2N1C1CCCC1.CC.CC. The minimum atomic E-state index is -0.500. The lowest BCUT2D eigenvalue weighted by atomic mass is 9.96. The van der Waals surface area contributed by atoms with Crippen molar-refractivity contribution in [1.82, 2.24) is 19.1 Å². The molecule has 7 nitrogen and oxygen atoms in total. The molecule has 1 aromatic carbocycles. The highest BCUT2D eigenvalue weighted by Crippen LogP contribution is 2.53. The van der Waals surface area contributed by atoms with E-state index in [0.717, 1.165) is 70.7 Å². The third-order valence-corrected chi connectivity index (χ3v) is 8.35. The van der Waals surface area contributed by atoms with Crippen molar-refractivity contribution in [3.8, 4) is 22.4 Å². The van der Waals surface area contributed by atoms with Crippen molar-refractivity contribution >= 4 is 31.8 Å². The number of benzene rings is 1. The van der Waals surface area contributed by atoms with Gasteiger partial charge in [-0.25, -0.2) is 4.98 Å². The van der Waals surface area contributed by atoms with Crippen molar-refractivity contribution in [3.05, 3.63) is 60.6 Å². The molecule has 1 atom stereocenters. The van der Waals surface area contributed by atoms with Gasteiger partial charge >= 0.3 is 0 Å². The molecule has 0 saturated heterocycles. The molecule has 2 N–H and O–H groups in total. The zero-order valence-electron chi connectivity index (χ0n) is 25.4. The molecule has 1 unspecified atom stereocenters. The van der Waals surface area contributed by atoms with E-state index in [1.807, 2.05) is 38.2 Å². The summed E-state index contributed by atoms with van der Waals surface area (Å²) in [5.74, 6) is 0.463. The lowest BCUT2D eigenvalue weighted by Gasteiger charge is -2.28. The van der Waals surface area contributed by atoms with Crippen LogP contribution in [0.2, 0.25) is 0 Å². The van der Waals surface area contributed by atoms with Gasteiger partial charge in [0, 0.05) is 31.9 Å². The van der Waals surface area contributed by atoms with Crippen molar-refractivity contribution in [2.45, 2.75) is 72.3 Å². The Morgan fingerprint density at radius 1 is 1.12 bits per heavy atom. The summed E-state index contributed by atoms with van der Waals surface area (Å²) < 4.78 is 18.7. The summed E-state index contributed by atoms with van der Waals surface area (Å²) in [7, 11) is 6.56. The normalized spacial score (nSPS) is 14.7. The van der Waals surface area contributed by atoms with Crippen LogP contribution in [0.15, 0.2) is 49.1 Å². The number of pyridine rings is 1. The molecular formula is C32H45FN7P. The van der Waals surface area contributed by atoms with Crippen molar-refractivity contribution in [3.63, 3.8) is 0 Å². The van der Waals surface area contributed by atoms with E-state index in [9.17, 15) is 0 Å². The Balaban J connectivity index is 0.000000929. The second-order valence-corrected chi connectivity index (χ2v) is 10.7. The predicted octanol–water partition coefficient (Wildman–Crippen LogP) is 7.49. The van der Waals surface area contributed by atoms with Gasteiger partial charge in [0.25, 0.3) is 0 Å². The van der Waals surface area contributed by atoms with Gasteiger partial charge in [-0.1, -0.05) is 71.4 Å². The van der Waals surface area contributed by atoms with E-state index in [1.165, 1.54) is 23.1 Å². The number of nitrogens with zero attached hydrogens (tertiary/aromatic N) is 6. The van der Waals surface area contributed by atoms with Crippen LogP contribution in [0.25, 0.3) is 33.4 Å². The van der Waals surface area contributed by atoms with Gasteiger partial charge < -0.3 is 19.9 Å². The van der Waals surface area contributed by atoms with E-state index in [4.69, 9.17) is 10.7 Å². The Hall–Kier alpha value is -3.22. The van der Waals surface area contributed by atoms with Gasteiger partial charge in [-0.3, -0.25) is 4.68 Å². The fourth-order valence-electron chi connectivity index (χ4n) is 6.07. The quantitative estimate of drug-likeness (QED) is 0.241. The highest BCUT2D eigenvalue weighted by molar-refractivity contribution is 7.15. The first-order chi connectivity index (χ1) is 19.9. The van der Waals surface area contributed by atoms with Crippen LogP contribution in [0.5, 0.6) is 0 Å². The van der Waals surface area contributed by atoms with E-state index < -0.39 is 5.95 Å². The van der Waals surface area contributed by atoms with Crippen LogP contribution in [0.1, 0.15) is 65.4 Å². The summed E-state index contributed by atoms with van der Waals surface area (Å²) in [6.07, 6.45) is 10.2. The fourth-order valence-corrected chi connectivity index (χ4v) is 6.53. The molecule has 2 aliphatic rings. The highest BCUT2D eigenvalue weighted by Gasteiger charge is 2.38. The van der Waals surface area contributed by atoms with Crippen LogP contribution in [0.3, 0.4) is 0 Å².